The highest BCUT2D eigenvalue weighted by Crippen LogP contribution is 2.10. The third-order valence-electron chi connectivity index (χ3n) is 4.51. The Hall–Kier alpha value is -2.38. The summed E-state index contributed by atoms with van der Waals surface area (Å²) in [4.78, 5) is 0. The average molecular weight is 329 g/mol. The lowest BCUT2D eigenvalue weighted by atomic mass is 10.3. The molecule has 0 aromatic heterocycles. The van der Waals surface area contributed by atoms with Crippen LogP contribution in [-0.2, 0) is 0 Å². The Morgan fingerprint density at radius 1 is 0.625 bits per heavy atom. The van der Waals surface area contributed by atoms with Crippen molar-refractivity contribution in [3.8, 4) is 0 Å². The molecule has 3 aromatic rings. The fourth-order valence-corrected chi connectivity index (χ4v) is 7.57. The second-order valence-corrected chi connectivity index (χ2v) is 9.78. The van der Waals surface area contributed by atoms with Gasteiger partial charge in [0, 0.05) is 0 Å². The van der Waals surface area contributed by atoms with Gasteiger partial charge in [0.15, 0.2) is 8.07 Å². The van der Waals surface area contributed by atoms with Crippen molar-refractivity contribution in [2.45, 2.75) is 19.8 Å². The van der Waals surface area contributed by atoms with Crippen LogP contribution in [0.4, 0.5) is 0 Å². The third kappa shape index (κ3) is 3.27. The molecule has 0 heterocycles. The van der Waals surface area contributed by atoms with E-state index >= 15 is 0 Å². The second-order valence-electron chi connectivity index (χ2n) is 6.10. The summed E-state index contributed by atoms with van der Waals surface area (Å²) in [6.45, 7) is 2.24. The number of allylic oxidation sites excluding steroid dienone is 1. The molecule has 0 saturated heterocycles. The van der Waals surface area contributed by atoms with Gasteiger partial charge in [-0.05, 0) is 22.0 Å². The van der Waals surface area contributed by atoms with Gasteiger partial charge in [0.2, 0.25) is 0 Å². The third-order valence-corrected chi connectivity index (χ3v) is 8.98. The lowest BCUT2D eigenvalue weighted by Crippen LogP contribution is -2.66. The Morgan fingerprint density at radius 3 is 1.33 bits per heavy atom. The fourth-order valence-electron chi connectivity index (χ4n) is 3.32. The van der Waals surface area contributed by atoms with Crippen LogP contribution >= 0.6 is 0 Å². The molecule has 0 aliphatic rings. The van der Waals surface area contributed by atoms with Crippen LogP contribution in [0, 0.1) is 0 Å². The van der Waals surface area contributed by atoms with E-state index in [-0.39, 0.29) is 0 Å². The van der Waals surface area contributed by atoms with Gasteiger partial charge in [-0.3, -0.25) is 0 Å². The minimum absolute atomic E-state index is 1.13. The summed E-state index contributed by atoms with van der Waals surface area (Å²) >= 11 is 0. The normalized spacial score (nSPS) is 11.7. The van der Waals surface area contributed by atoms with Crippen LogP contribution in [0.3, 0.4) is 0 Å². The second kappa shape index (κ2) is 7.94. The highest BCUT2D eigenvalue weighted by Gasteiger charge is 2.36. The molecule has 3 aromatic carbocycles. The van der Waals surface area contributed by atoms with Gasteiger partial charge in [0.25, 0.3) is 0 Å². The number of unbranched alkanes of at least 4 members (excludes halogenated alkanes) is 1. The Labute approximate surface area is 146 Å². The SMILES string of the molecule is CCC/C=C/[Si](c1ccccc1)(c1ccccc1)c1ccccc1. The lowest BCUT2D eigenvalue weighted by molar-refractivity contribution is 0.960. The number of hydrogen-bond donors (Lipinski definition) is 0. The van der Waals surface area contributed by atoms with Gasteiger partial charge in [-0.2, -0.15) is 0 Å². The molecule has 0 atom stereocenters. The first-order valence-corrected chi connectivity index (χ1v) is 10.8. The van der Waals surface area contributed by atoms with Gasteiger partial charge >= 0.3 is 0 Å². The van der Waals surface area contributed by atoms with Crippen LogP contribution in [0.15, 0.2) is 103 Å². The van der Waals surface area contributed by atoms with Gasteiger partial charge < -0.3 is 0 Å². The smallest absolute Gasteiger partial charge is 0.0914 e. The molecule has 0 N–H and O–H groups in total. The largest absolute Gasteiger partial charge is 0.172 e. The number of hydrogen-bond acceptors (Lipinski definition) is 0. The van der Waals surface area contributed by atoms with Gasteiger partial charge in [0.05, 0.1) is 0 Å². The molecular weight excluding hydrogens is 304 g/mol. The van der Waals surface area contributed by atoms with E-state index in [0.29, 0.717) is 0 Å². The Kier molecular flexibility index (Phi) is 5.45. The molecule has 24 heavy (non-hydrogen) atoms. The fraction of sp³-hybridized carbons (Fsp3) is 0.130. The quantitative estimate of drug-likeness (QED) is 0.473. The molecule has 0 radical (unpaired) electrons. The van der Waals surface area contributed by atoms with E-state index in [0.717, 1.165) is 6.42 Å². The summed E-state index contributed by atoms with van der Waals surface area (Å²) in [6.07, 6.45) is 4.69. The van der Waals surface area contributed by atoms with Crippen LogP contribution in [0.25, 0.3) is 0 Å². The summed E-state index contributed by atoms with van der Waals surface area (Å²) < 4.78 is 0. The zero-order chi connectivity index (χ0) is 16.7. The molecule has 0 amide bonds. The van der Waals surface area contributed by atoms with Gasteiger partial charge in [-0.25, -0.2) is 0 Å². The van der Waals surface area contributed by atoms with Gasteiger partial charge in [-0.1, -0.05) is 116 Å². The number of benzene rings is 3. The summed E-state index contributed by atoms with van der Waals surface area (Å²) in [6, 6.07) is 33.1. The highest BCUT2D eigenvalue weighted by molar-refractivity contribution is 7.14. The molecule has 0 aliphatic carbocycles. The van der Waals surface area contributed by atoms with Crippen LogP contribution in [0.2, 0.25) is 0 Å². The molecule has 0 fully saturated rings. The van der Waals surface area contributed by atoms with Crippen LogP contribution in [0.5, 0.6) is 0 Å². The zero-order valence-electron chi connectivity index (χ0n) is 14.2. The minimum Gasteiger partial charge on any atom is -0.0914 e. The van der Waals surface area contributed by atoms with Crippen molar-refractivity contribution < 1.29 is 0 Å². The van der Waals surface area contributed by atoms with Crippen molar-refractivity contribution in [3.05, 3.63) is 103 Å². The van der Waals surface area contributed by atoms with E-state index in [9.17, 15) is 0 Å². The Morgan fingerprint density at radius 2 is 1.00 bits per heavy atom. The monoisotopic (exact) mass is 328 g/mol. The van der Waals surface area contributed by atoms with E-state index < -0.39 is 8.07 Å². The first-order valence-electron chi connectivity index (χ1n) is 8.72. The molecule has 0 nitrogen and oxygen atoms in total. The highest BCUT2D eigenvalue weighted by atomic mass is 28.3. The molecule has 0 spiro atoms. The van der Waals surface area contributed by atoms with Crippen molar-refractivity contribution in [2.75, 3.05) is 0 Å². The molecule has 0 aliphatic heterocycles. The summed E-state index contributed by atoms with van der Waals surface area (Å²) in [7, 11) is -2.14. The van der Waals surface area contributed by atoms with E-state index in [1.807, 2.05) is 0 Å². The standard InChI is InChI=1S/C23H24Si/c1-2-3-13-20-24(21-14-7-4-8-15-21,22-16-9-5-10-17-22)23-18-11-6-12-19-23/h4-20H,2-3H2,1H3/b20-13+. The molecule has 0 unspecified atom stereocenters. The summed E-state index contributed by atoms with van der Waals surface area (Å²) in [5.41, 5.74) is 2.52. The van der Waals surface area contributed by atoms with Gasteiger partial charge in [-0.15, -0.1) is 0 Å². The lowest BCUT2D eigenvalue weighted by Gasteiger charge is -2.30. The van der Waals surface area contributed by atoms with Crippen molar-refractivity contribution in [2.24, 2.45) is 0 Å². The van der Waals surface area contributed by atoms with Gasteiger partial charge in [0.1, 0.15) is 0 Å². The van der Waals surface area contributed by atoms with E-state index in [4.69, 9.17) is 0 Å². The maximum absolute atomic E-state index is 2.52. The topological polar surface area (TPSA) is 0 Å². The molecule has 120 valence electrons. The molecular formula is C23H24Si. The van der Waals surface area contributed by atoms with Crippen LogP contribution in [0.1, 0.15) is 19.8 Å². The van der Waals surface area contributed by atoms with Crippen molar-refractivity contribution in [3.63, 3.8) is 0 Å². The predicted octanol–water partition coefficient (Wildman–Crippen LogP) is 4.05. The molecule has 1 heteroatoms. The maximum Gasteiger partial charge on any atom is 0.172 e. The Balaban J connectivity index is 2.28. The maximum atomic E-state index is 2.52. The minimum atomic E-state index is -2.14. The van der Waals surface area contributed by atoms with E-state index in [1.54, 1.807) is 0 Å². The summed E-state index contributed by atoms with van der Waals surface area (Å²) in [5, 5.41) is 4.32. The Bertz CT molecular complexity index is 664. The number of rotatable bonds is 6. The van der Waals surface area contributed by atoms with E-state index in [1.165, 1.54) is 22.0 Å². The predicted molar refractivity (Wildman–Crippen MR) is 108 cm³/mol. The average Bonchev–Trinajstić information content (AvgIpc) is 2.68. The van der Waals surface area contributed by atoms with Crippen LogP contribution < -0.4 is 15.6 Å². The first-order chi connectivity index (χ1) is 11.9. The molecule has 0 saturated carbocycles. The van der Waals surface area contributed by atoms with Crippen molar-refractivity contribution >= 4 is 23.6 Å². The molecule has 3 rings (SSSR count). The van der Waals surface area contributed by atoms with Crippen molar-refractivity contribution in [1.82, 2.24) is 0 Å². The van der Waals surface area contributed by atoms with E-state index in [2.05, 4.69) is 110 Å². The first kappa shape index (κ1) is 16.5. The van der Waals surface area contributed by atoms with Crippen molar-refractivity contribution in [1.29, 1.82) is 0 Å². The van der Waals surface area contributed by atoms with Crippen LogP contribution in [-0.4, -0.2) is 8.07 Å². The summed E-state index contributed by atoms with van der Waals surface area (Å²) in [5.74, 6) is 0. The molecule has 0 bridgehead atoms. The zero-order valence-corrected chi connectivity index (χ0v) is 15.2.